The van der Waals surface area contributed by atoms with E-state index in [-0.39, 0.29) is 6.47 Å². The van der Waals surface area contributed by atoms with Crippen LogP contribution in [0.4, 0.5) is 11.4 Å². The topological polar surface area (TPSA) is 144 Å². The molecule has 10 heteroatoms. The lowest BCUT2D eigenvalue weighted by Crippen LogP contribution is -1.94. The number of imidazole rings is 1. The van der Waals surface area contributed by atoms with Gasteiger partial charge in [-0.05, 0) is 0 Å². The van der Waals surface area contributed by atoms with Gasteiger partial charge in [-0.25, -0.2) is 15.0 Å². The highest BCUT2D eigenvalue weighted by Gasteiger charge is 1.95. The predicted molar refractivity (Wildman–Crippen MR) is 85.7 cm³/mol. The molecule has 0 saturated carbocycles. The summed E-state index contributed by atoms with van der Waals surface area (Å²) in [6.07, 6.45) is 4.70. The number of carbonyl (C=O) groups is 1. The smallest absolute Gasteiger partial charge is 0.290 e. The van der Waals surface area contributed by atoms with Crippen LogP contribution in [0.1, 0.15) is 0 Å². The van der Waals surface area contributed by atoms with Crippen molar-refractivity contribution in [3.05, 3.63) is 41.2 Å². The lowest BCUT2D eigenvalue weighted by atomic mass is 10.4. The molecule has 8 nitrogen and oxygen atoms in total. The van der Waals surface area contributed by atoms with Crippen molar-refractivity contribution in [3.63, 3.8) is 0 Å². The molecule has 116 valence electrons. The number of nitrogens with two attached hydrogens (primary N) is 2. The molecule has 0 aliphatic rings. The van der Waals surface area contributed by atoms with Gasteiger partial charge in [-0.2, -0.15) is 0 Å². The first-order valence-electron chi connectivity index (χ1n) is 5.67. The summed E-state index contributed by atoms with van der Waals surface area (Å²) in [4.78, 5) is 22.8. The summed E-state index contributed by atoms with van der Waals surface area (Å²) in [6.45, 7) is -0.250. The standard InChI is InChI=1S/C6H4ClN3.C5H6ClN3.CH2O2/c7-6-1-4-5(2-8-6)10-3-9-4;6-5-1-3(7)4(8)2-9-5;2-1-3/h1-3H,(H,9,10);1-2H,8H2,(H2,7,9);1H,(H,2,3). The van der Waals surface area contributed by atoms with Gasteiger partial charge in [-0.3, -0.25) is 4.79 Å². The Balaban J connectivity index is 0.000000189. The third-order valence-corrected chi connectivity index (χ3v) is 2.62. The largest absolute Gasteiger partial charge is 0.483 e. The molecule has 0 fully saturated rings. The molecule has 3 heterocycles. The summed E-state index contributed by atoms with van der Waals surface area (Å²) >= 11 is 11.1. The zero-order chi connectivity index (χ0) is 16.5. The Hall–Kier alpha value is -2.58. The monoisotopic (exact) mass is 342 g/mol. The van der Waals surface area contributed by atoms with E-state index in [1.807, 2.05) is 0 Å². The highest BCUT2D eigenvalue weighted by molar-refractivity contribution is 6.30. The molecule has 3 aromatic heterocycles. The van der Waals surface area contributed by atoms with Crippen molar-refractivity contribution >= 4 is 52.1 Å². The van der Waals surface area contributed by atoms with Crippen molar-refractivity contribution in [2.24, 2.45) is 0 Å². The molecule has 0 unspecified atom stereocenters. The first kappa shape index (κ1) is 17.5. The molecule has 0 radical (unpaired) electrons. The van der Waals surface area contributed by atoms with E-state index < -0.39 is 0 Å². The third kappa shape index (κ3) is 5.43. The van der Waals surface area contributed by atoms with Crippen LogP contribution in [0.2, 0.25) is 10.3 Å². The lowest BCUT2D eigenvalue weighted by molar-refractivity contribution is -0.122. The van der Waals surface area contributed by atoms with Gasteiger partial charge in [0, 0.05) is 12.1 Å². The van der Waals surface area contributed by atoms with Gasteiger partial charge in [-0.15, -0.1) is 0 Å². The fraction of sp³-hybridized carbons (Fsp3) is 0. The van der Waals surface area contributed by atoms with Crippen molar-refractivity contribution in [3.8, 4) is 0 Å². The number of nitrogen functional groups attached to an aromatic ring is 2. The van der Waals surface area contributed by atoms with Crippen molar-refractivity contribution in [2.75, 3.05) is 11.5 Å². The van der Waals surface area contributed by atoms with Crippen LogP contribution in [-0.4, -0.2) is 31.5 Å². The van der Waals surface area contributed by atoms with Crippen LogP contribution in [-0.2, 0) is 4.79 Å². The maximum Gasteiger partial charge on any atom is 0.290 e. The first-order valence-corrected chi connectivity index (χ1v) is 6.42. The minimum Gasteiger partial charge on any atom is -0.483 e. The van der Waals surface area contributed by atoms with Crippen molar-refractivity contribution in [1.29, 1.82) is 0 Å². The second-order valence-electron chi connectivity index (χ2n) is 3.67. The fourth-order valence-corrected chi connectivity index (χ4v) is 1.58. The molecule has 3 aromatic rings. The molecule has 6 N–H and O–H groups in total. The van der Waals surface area contributed by atoms with Crippen LogP contribution in [0, 0.1) is 0 Å². The Morgan fingerprint density at radius 1 is 1.05 bits per heavy atom. The molecule has 22 heavy (non-hydrogen) atoms. The summed E-state index contributed by atoms with van der Waals surface area (Å²) in [5.41, 5.74) is 13.4. The van der Waals surface area contributed by atoms with Gasteiger partial charge >= 0.3 is 0 Å². The number of H-pyrrole nitrogens is 1. The minimum absolute atomic E-state index is 0.250. The number of carboxylic acid groups (broad SMARTS) is 1. The van der Waals surface area contributed by atoms with Crippen molar-refractivity contribution < 1.29 is 9.90 Å². The van der Waals surface area contributed by atoms with Gasteiger partial charge in [0.05, 0.1) is 41.1 Å². The van der Waals surface area contributed by atoms with Gasteiger partial charge in [0.1, 0.15) is 10.3 Å². The number of nitrogens with zero attached hydrogens (tertiary/aromatic N) is 3. The normalized spacial score (nSPS) is 9.18. The highest BCUT2D eigenvalue weighted by atomic mass is 35.5. The molecule has 3 rings (SSSR count). The van der Waals surface area contributed by atoms with Crippen LogP contribution in [0.15, 0.2) is 30.9 Å². The molecular formula is C12H12Cl2N6O2. The Morgan fingerprint density at radius 2 is 1.64 bits per heavy atom. The maximum atomic E-state index is 8.36. The fourth-order valence-electron chi connectivity index (χ4n) is 1.26. The average molecular weight is 343 g/mol. The lowest BCUT2D eigenvalue weighted by Gasteiger charge is -1.96. The molecule has 0 aromatic carbocycles. The molecule has 0 aliphatic heterocycles. The second kappa shape index (κ2) is 8.65. The van der Waals surface area contributed by atoms with Crippen LogP contribution in [0.5, 0.6) is 0 Å². The van der Waals surface area contributed by atoms with Crippen molar-refractivity contribution in [2.45, 2.75) is 0 Å². The number of aromatic amines is 1. The Morgan fingerprint density at radius 3 is 2.23 bits per heavy atom. The Labute approximate surface area is 135 Å². The second-order valence-corrected chi connectivity index (χ2v) is 4.44. The Bertz CT molecular complexity index is 749. The van der Waals surface area contributed by atoms with E-state index in [4.69, 9.17) is 44.6 Å². The summed E-state index contributed by atoms with van der Waals surface area (Å²) in [6, 6.07) is 3.23. The van der Waals surface area contributed by atoms with Gasteiger partial charge < -0.3 is 21.6 Å². The molecule has 0 bridgehead atoms. The van der Waals surface area contributed by atoms with E-state index in [1.54, 1.807) is 18.6 Å². The number of aromatic nitrogens is 4. The summed E-state index contributed by atoms with van der Waals surface area (Å²) in [5.74, 6) is 0. The van der Waals surface area contributed by atoms with Crippen LogP contribution >= 0.6 is 23.2 Å². The summed E-state index contributed by atoms with van der Waals surface area (Å²) in [7, 11) is 0. The molecule has 0 spiro atoms. The SMILES string of the molecule is Clc1cc2nc[nH]c2cn1.Nc1cnc(Cl)cc1N.O=CO. The number of hydrogen-bond donors (Lipinski definition) is 4. The molecule has 0 saturated heterocycles. The van der Waals surface area contributed by atoms with Crippen LogP contribution in [0.3, 0.4) is 0 Å². The Kier molecular flexibility index (Phi) is 6.87. The zero-order valence-electron chi connectivity index (χ0n) is 11.1. The van der Waals surface area contributed by atoms with E-state index in [0.717, 1.165) is 11.0 Å². The van der Waals surface area contributed by atoms with E-state index in [9.17, 15) is 0 Å². The third-order valence-electron chi connectivity index (χ3n) is 2.21. The van der Waals surface area contributed by atoms with E-state index in [0.29, 0.717) is 21.7 Å². The summed E-state index contributed by atoms with van der Waals surface area (Å²) in [5, 5.41) is 7.72. The zero-order valence-corrected chi connectivity index (χ0v) is 12.6. The minimum atomic E-state index is -0.250. The van der Waals surface area contributed by atoms with Crippen LogP contribution < -0.4 is 11.5 Å². The maximum absolute atomic E-state index is 8.36. The van der Waals surface area contributed by atoms with Crippen LogP contribution in [0.25, 0.3) is 11.0 Å². The first-order chi connectivity index (χ1) is 10.5. The number of hydrogen-bond acceptors (Lipinski definition) is 6. The van der Waals surface area contributed by atoms with Crippen molar-refractivity contribution in [1.82, 2.24) is 19.9 Å². The molecule has 0 atom stereocenters. The summed E-state index contributed by atoms with van der Waals surface area (Å²) < 4.78 is 0. The van der Waals surface area contributed by atoms with Gasteiger partial charge in [0.15, 0.2) is 0 Å². The number of nitrogens with one attached hydrogen (secondary N) is 1. The van der Waals surface area contributed by atoms with Gasteiger partial charge in [0.25, 0.3) is 6.47 Å². The van der Waals surface area contributed by atoms with Gasteiger partial charge in [0.2, 0.25) is 0 Å². The number of pyridine rings is 2. The van der Waals surface area contributed by atoms with E-state index in [2.05, 4.69) is 19.9 Å². The van der Waals surface area contributed by atoms with E-state index in [1.165, 1.54) is 12.3 Å². The molecular weight excluding hydrogens is 331 g/mol. The van der Waals surface area contributed by atoms with Gasteiger partial charge in [-0.1, -0.05) is 23.2 Å². The molecule has 0 amide bonds. The number of anilines is 2. The number of fused-ring (bicyclic) bond motifs is 1. The average Bonchev–Trinajstić information content (AvgIpc) is 2.92. The predicted octanol–water partition coefficient (Wildman–Crippen LogP) is 2.21. The van der Waals surface area contributed by atoms with E-state index >= 15 is 0 Å². The number of halogens is 2. The number of rotatable bonds is 0. The quantitative estimate of drug-likeness (QED) is 0.362. The highest BCUT2D eigenvalue weighted by Crippen LogP contribution is 2.15. The molecule has 0 aliphatic carbocycles.